The van der Waals surface area contributed by atoms with Crippen molar-refractivity contribution in [3.8, 4) is 0 Å². The molecule has 3 rings (SSSR count). The molecule has 0 spiro atoms. The van der Waals surface area contributed by atoms with Gasteiger partial charge in [-0.05, 0) is 23.6 Å². The fourth-order valence-electron chi connectivity index (χ4n) is 2.49. The third kappa shape index (κ3) is 3.87. The average Bonchev–Trinajstić information content (AvgIpc) is 3.15. The lowest BCUT2D eigenvalue weighted by Gasteiger charge is -2.35. The minimum atomic E-state index is -0.194. The van der Waals surface area contributed by atoms with Crippen LogP contribution in [-0.2, 0) is 4.79 Å². The van der Waals surface area contributed by atoms with Gasteiger partial charge in [0.25, 0.3) is 5.91 Å². The number of piperazine rings is 1. The van der Waals surface area contributed by atoms with E-state index in [2.05, 4.69) is 15.2 Å². The van der Waals surface area contributed by atoms with Crippen molar-refractivity contribution in [3.63, 3.8) is 0 Å². The SMILES string of the molecule is O=C(NCC(=O)N1CCN(c2ccccn2)CC1)c1cccs1. The molecule has 3 heterocycles. The average molecular weight is 330 g/mol. The number of hydrogen-bond donors (Lipinski definition) is 1. The van der Waals surface area contributed by atoms with Crippen molar-refractivity contribution in [2.75, 3.05) is 37.6 Å². The maximum Gasteiger partial charge on any atom is 0.261 e. The molecule has 1 aliphatic rings. The molecule has 1 aliphatic heterocycles. The molecule has 1 saturated heterocycles. The highest BCUT2D eigenvalue weighted by molar-refractivity contribution is 7.12. The Morgan fingerprint density at radius 3 is 2.61 bits per heavy atom. The van der Waals surface area contributed by atoms with Crippen LogP contribution in [0.2, 0.25) is 0 Å². The summed E-state index contributed by atoms with van der Waals surface area (Å²) in [5.74, 6) is 0.696. The van der Waals surface area contributed by atoms with Crippen LogP contribution in [0.25, 0.3) is 0 Å². The van der Waals surface area contributed by atoms with E-state index >= 15 is 0 Å². The largest absolute Gasteiger partial charge is 0.353 e. The third-order valence-corrected chi connectivity index (χ3v) is 4.62. The molecule has 2 amide bonds. The first-order valence-corrected chi connectivity index (χ1v) is 8.37. The fraction of sp³-hybridized carbons (Fsp3) is 0.312. The van der Waals surface area contributed by atoms with Crippen LogP contribution in [0.15, 0.2) is 41.9 Å². The second-order valence-electron chi connectivity index (χ2n) is 5.22. The molecule has 0 atom stereocenters. The predicted molar refractivity (Wildman–Crippen MR) is 89.7 cm³/mol. The summed E-state index contributed by atoms with van der Waals surface area (Å²) in [7, 11) is 0. The summed E-state index contributed by atoms with van der Waals surface area (Å²) < 4.78 is 0. The number of nitrogens with zero attached hydrogens (tertiary/aromatic N) is 3. The van der Waals surface area contributed by atoms with Crippen LogP contribution >= 0.6 is 11.3 Å². The number of hydrogen-bond acceptors (Lipinski definition) is 5. The summed E-state index contributed by atoms with van der Waals surface area (Å²) in [5.41, 5.74) is 0. The highest BCUT2D eigenvalue weighted by atomic mass is 32.1. The Kier molecular flexibility index (Phi) is 4.87. The number of pyridine rings is 1. The molecular formula is C16H18N4O2S. The van der Waals surface area contributed by atoms with Crippen LogP contribution in [0.1, 0.15) is 9.67 Å². The molecule has 2 aromatic rings. The van der Waals surface area contributed by atoms with E-state index < -0.39 is 0 Å². The number of carbonyl (C=O) groups excluding carboxylic acids is 2. The topological polar surface area (TPSA) is 65.5 Å². The van der Waals surface area contributed by atoms with E-state index in [4.69, 9.17) is 0 Å². The molecule has 0 unspecified atom stereocenters. The highest BCUT2D eigenvalue weighted by Gasteiger charge is 2.22. The third-order valence-electron chi connectivity index (χ3n) is 3.75. The van der Waals surface area contributed by atoms with Crippen molar-refractivity contribution < 1.29 is 9.59 Å². The van der Waals surface area contributed by atoms with Gasteiger partial charge in [-0.3, -0.25) is 9.59 Å². The van der Waals surface area contributed by atoms with Crippen LogP contribution in [0, 0.1) is 0 Å². The second-order valence-corrected chi connectivity index (χ2v) is 6.16. The van der Waals surface area contributed by atoms with Crippen molar-refractivity contribution in [1.82, 2.24) is 15.2 Å². The Morgan fingerprint density at radius 1 is 1.13 bits per heavy atom. The van der Waals surface area contributed by atoms with E-state index in [-0.39, 0.29) is 18.4 Å². The zero-order valence-corrected chi connectivity index (χ0v) is 13.5. The van der Waals surface area contributed by atoms with Gasteiger partial charge in [0.05, 0.1) is 11.4 Å². The lowest BCUT2D eigenvalue weighted by atomic mass is 10.3. The lowest BCUT2D eigenvalue weighted by molar-refractivity contribution is -0.130. The monoisotopic (exact) mass is 330 g/mol. The highest BCUT2D eigenvalue weighted by Crippen LogP contribution is 2.12. The van der Waals surface area contributed by atoms with Crippen LogP contribution in [0.5, 0.6) is 0 Å². The number of amides is 2. The summed E-state index contributed by atoms with van der Waals surface area (Å²) in [5, 5.41) is 4.52. The molecule has 0 radical (unpaired) electrons. The quantitative estimate of drug-likeness (QED) is 0.915. The molecule has 0 aromatic carbocycles. The van der Waals surface area contributed by atoms with E-state index in [0.29, 0.717) is 18.0 Å². The zero-order chi connectivity index (χ0) is 16.1. The van der Waals surface area contributed by atoms with Crippen molar-refractivity contribution in [2.24, 2.45) is 0 Å². The lowest BCUT2D eigenvalue weighted by Crippen LogP contribution is -2.51. The first-order valence-electron chi connectivity index (χ1n) is 7.49. The van der Waals surface area contributed by atoms with Crippen molar-refractivity contribution >= 4 is 29.0 Å². The summed E-state index contributed by atoms with van der Waals surface area (Å²) in [6, 6.07) is 9.38. The number of anilines is 1. The second kappa shape index (κ2) is 7.23. The standard InChI is InChI=1S/C16H18N4O2S/c21-15(12-18-16(22)13-4-3-11-23-13)20-9-7-19(8-10-20)14-5-1-2-6-17-14/h1-6,11H,7-10,12H2,(H,18,22). The molecule has 0 saturated carbocycles. The van der Waals surface area contributed by atoms with Gasteiger partial charge in [0, 0.05) is 32.4 Å². The number of thiophene rings is 1. The van der Waals surface area contributed by atoms with Crippen LogP contribution in [0.3, 0.4) is 0 Å². The molecule has 6 nitrogen and oxygen atoms in total. The number of carbonyl (C=O) groups is 2. The molecular weight excluding hydrogens is 312 g/mol. The number of aromatic nitrogens is 1. The number of nitrogens with one attached hydrogen (secondary N) is 1. The van der Waals surface area contributed by atoms with Crippen LogP contribution in [0.4, 0.5) is 5.82 Å². The van der Waals surface area contributed by atoms with Gasteiger partial charge in [-0.15, -0.1) is 11.3 Å². The van der Waals surface area contributed by atoms with E-state index in [1.54, 1.807) is 17.2 Å². The zero-order valence-electron chi connectivity index (χ0n) is 12.6. The van der Waals surface area contributed by atoms with Gasteiger partial charge in [-0.1, -0.05) is 12.1 Å². The number of rotatable bonds is 4. The van der Waals surface area contributed by atoms with Crippen LogP contribution < -0.4 is 10.2 Å². The van der Waals surface area contributed by atoms with Gasteiger partial charge in [-0.2, -0.15) is 0 Å². The van der Waals surface area contributed by atoms with E-state index in [1.807, 2.05) is 29.6 Å². The Balaban J connectivity index is 1.46. The van der Waals surface area contributed by atoms with Crippen molar-refractivity contribution in [3.05, 3.63) is 46.8 Å². The Labute approximate surface area is 138 Å². The summed E-state index contributed by atoms with van der Waals surface area (Å²) in [4.78, 5) is 32.9. The van der Waals surface area contributed by atoms with Gasteiger partial charge < -0.3 is 15.1 Å². The van der Waals surface area contributed by atoms with Crippen molar-refractivity contribution in [1.29, 1.82) is 0 Å². The normalized spacial score (nSPS) is 14.6. The van der Waals surface area contributed by atoms with Crippen molar-refractivity contribution in [2.45, 2.75) is 0 Å². The molecule has 2 aromatic heterocycles. The van der Waals surface area contributed by atoms with Gasteiger partial charge in [0.1, 0.15) is 5.82 Å². The summed E-state index contributed by atoms with van der Waals surface area (Å²) in [6.07, 6.45) is 1.77. The molecule has 120 valence electrons. The van der Waals surface area contributed by atoms with E-state index in [0.717, 1.165) is 18.9 Å². The molecule has 1 N–H and O–H groups in total. The first kappa shape index (κ1) is 15.5. The Bertz CT molecular complexity index is 652. The summed E-state index contributed by atoms with van der Waals surface area (Å²) in [6.45, 7) is 2.83. The minimum absolute atomic E-state index is 0.0420. The van der Waals surface area contributed by atoms with Gasteiger partial charge in [0.2, 0.25) is 5.91 Å². The first-order chi connectivity index (χ1) is 11.2. The molecule has 23 heavy (non-hydrogen) atoms. The Morgan fingerprint density at radius 2 is 1.96 bits per heavy atom. The predicted octanol–water partition coefficient (Wildman–Crippen LogP) is 1.22. The molecule has 1 fully saturated rings. The summed E-state index contributed by atoms with van der Waals surface area (Å²) >= 11 is 1.37. The van der Waals surface area contributed by atoms with Crippen LogP contribution in [-0.4, -0.2) is 54.4 Å². The van der Waals surface area contributed by atoms with Gasteiger partial charge in [0.15, 0.2) is 0 Å². The molecule has 0 bridgehead atoms. The Hall–Kier alpha value is -2.41. The maximum atomic E-state index is 12.2. The maximum absolute atomic E-state index is 12.2. The fourth-order valence-corrected chi connectivity index (χ4v) is 3.13. The van der Waals surface area contributed by atoms with Gasteiger partial charge in [-0.25, -0.2) is 4.98 Å². The smallest absolute Gasteiger partial charge is 0.261 e. The molecule has 0 aliphatic carbocycles. The minimum Gasteiger partial charge on any atom is -0.353 e. The van der Waals surface area contributed by atoms with Gasteiger partial charge >= 0.3 is 0 Å². The van der Waals surface area contributed by atoms with E-state index in [9.17, 15) is 9.59 Å². The van der Waals surface area contributed by atoms with E-state index in [1.165, 1.54) is 11.3 Å². The molecule has 7 heteroatoms.